The lowest BCUT2D eigenvalue weighted by molar-refractivity contribution is 0.316. The highest BCUT2D eigenvalue weighted by atomic mass is 127. The SMILES string of the molecule is I.NC(=NCCS(=O)(=O)NCC1CCC1)N1CCN(c2nccs2)CC1. The van der Waals surface area contributed by atoms with Gasteiger partial charge in [-0.2, -0.15) is 0 Å². The zero-order valence-corrected chi connectivity index (χ0v) is 18.7. The number of sulfonamides is 1. The number of aromatic nitrogens is 1. The topological polar surface area (TPSA) is 104 Å². The second-order valence-electron chi connectivity index (χ2n) is 6.49. The van der Waals surface area contributed by atoms with Gasteiger partial charge in [-0.05, 0) is 18.8 Å². The lowest BCUT2D eigenvalue weighted by Crippen LogP contribution is -2.51. The van der Waals surface area contributed by atoms with E-state index < -0.39 is 10.0 Å². The van der Waals surface area contributed by atoms with Gasteiger partial charge in [-0.3, -0.25) is 4.99 Å². The Morgan fingerprint density at radius 2 is 2.08 bits per heavy atom. The third kappa shape index (κ3) is 6.20. The molecule has 3 N–H and O–H groups in total. The van der Waals surface area contributed by atoms with Gasteiger partial charge in [-0.25, -0.2) is 18.1 Å². The van der Waals surface area contributed by atoms with Gasteiger partial charge in [0.1, 0.15) is 0 Å². The molecule has 0 unspecified atom stereocenters. The van der Waals surface area contributed by atoms with E-state index in [1.165, 1.54) is 6.42 Å². The van der Waals surface area contributed by atoms with Gasteiger partial charge in [0.05, 0.1) is 12.3 Å². The van der Waals surface area contributed by atoms with Gasteiger partial charge in [0.2, 0.25) is 10.0 Å². The van der Waals surface area contributed by atoms with Crippen molar-refractivity contribution in [3.05, 3.63) is 11.6 Å². The summed E-state index contributed by atoms with van der Waals surface area (Å²) in [6, 6.07) is 0. The predicted molar refractivity (Wildman–Crippen MR) is 117 cm³/mol. The summed E-state index contributed by atoms with van der Waals surface area (Å²) in [5, 5.41) is 3.00. The minimum absolute atomic E-state index is 0. The normalized spacial score (nSPS) is 19.2. The highest BCUT2D eigenvalue weighted by Crippen LogP contribution is 2.25. The maximum Gasteiger partial charge on any atom is 0.213 e. The molecule has 148 valence electrons. The van der Waals surface area contributed by atoms with Crippen LogP contribution >= 0.6 is 35.3 Å². The monoisotopic (exact) mass is 514 g/mol. The first-order chi connectivity index (χ1) is 12.0. The van der Waals surface area contributed by atoms with Crippen LogP contribution in [0.2, 0.25) is 0 Å². The van der Waals surface area contributed by atoms with E-state index in [2.05, 4.69) is 19.6 Å². The molecule has 2 heterocycles. The second-order valence-corrected chi connectivity index (χ2v) is 9.29. The molecule has 2 aliphatic rings. The number of nitrogens with one attached hydrogen (secondary N) is 1. The van der Waals surface area contributed by atoms with Crippen molar-refractivity contribution in [2.24, 2.45) is 16.6 Å². The maximum atomic E-state index is 12.0. The Morgan fingerprint density at radius 1 is 1.35 bits per heavy atom. The molecule has 0 spiro atoms. The molecule has 0 atom stereocenters. The largest absolute Gasteiger partial charge is 0.370 e. The highest BCUT2D eigenvalue weighted by Gasteiger charge is 2.21. The van der Waals surface area contributed by atoms with Crippen molar-refractivity contribution < 1.29 is 8.42 Å². The van der Waals surface area contributed by atoms with Crippen LogP contribution in [-0.4, -0.2) is 69.3 Å². The van der Waals surface area contributed by atoms with Crippen LogP contribution in [0, 0.1) is 5.92 Å². The Bertz CT molecular complexity index is 670. The van der Waals surface area contributed by atoms with Crippen molar-refractivity contribution in [1.82, 2.24) is 14.6 Å². The maximum absolute atomic E-state index is 12.0. The van der Waals surface area contributed by atoms with Gasteiger partial charge in [0.25, 0.3) is 0 Å². The molecule has 1 aromatic rings. The minimum atomic E-state index is -3.26. The molecule has 1 aliphatic carbocycles. The highest BCUT2D eigenvalue weighted by molar-refractivity contribution is 14.0. The van der Waals surface area contributed by atoms with E-state index in [4.69, 9.17) is 5.73 Å². The Balaban J connectivity index is 0.00000243. The van der Waals surface area contributed by atoms with E-state index in [1.54, 1.807) is 11.3 Å². The van der Waals surface area contributed by atoms with Crippen molar-refractivity contribution in [3.63, 3.8) is 0 Å². The number of anilines is 1. The number of hydrogen-bond donors (Lipinski definition) is 2. The number of aliphatic imine (C=N–C) groups is 1. The molecule has 8 nitrogen and oxygen atoms in total. The van der Waals surface area contributed by atoms with Crippen molar-refractivity contribution in [2.45, 2.75) is 19.3 Å². The van der Waals surface area contributed by atoms with Crippen LogP contribution < -0.4 is 15.4 Å². The van der Waals surface area contributed by atoms with E-state index >= 15 is 0 Å². The van der Waals surface area contributed by atoms with E-state index in [1.807, 2.05) is 16.5 Å². The molecule has 1 aliphatic heterocycles. The van der Waals surface area contributed by atoms with Crippen LogP contribution in [0.15, 0.2) is 16.6 Å². The van der Waals surface area contributed by atoms with Gasteiger partial charge in [0, 0.05) is 44.3 Å². The molecule has 0 radical (unpaired) electrons. The molecule has 0 aromatic carbocycles. The van der Waals surface area contributed by atoms with Crippen molar-refractivity contribution in [2.75, 3.05) is 49.9 Å². The molecular weight excluding hydrogens is 487 g/mol. The molecule has 2 fully saturated rings. The van der Waals surface area contributed by atoms with Gasteiger partial charge >= 0.3 is 0 Å². The summed E-state index contributed by atoms with van der Waals surface area (Å²) in [5.41, 5.74) is 6.02. The van der Waals surface area contributed by atoms with Gasteiger partial charge < -0.3 is 15.5 Å². The fourth-order valence-electron chi connectivity index (χ4n) is 2.89. The Hall–Kier alpha value is -0.660. The lowest BCUT2D eigenvalue weighted by Gasteiger charge is -2.35. The zero-order valence-electron chi connectivity index (χ0n) is 14.7. The van der Waals surface area contributed by atoms with Crippen LogP contribution in [0.25, 0.3) is 0 Å². The smallest absolute Gasteiger partial charge is 0.213 e. The average molecular weight is 514 g/mol. The van der Waals surface area contributed by atoms with Crippen LogP contribution in [0.3, 0.4) is 0 Å². The fourth-order valence-corrected chi connectivity index (χ4v) is 4.56. The number of halogens is 1. The van der Waals surface area contributed by atoms with Gasteiger partial charge in [0.15, 0.2) is 11.1 Å². The summed E-state index contributed by atoms with van der Waals surface area (Å²) in [6.07, 6.45) is 5.27. The number of piperazine rings is 1. The fraction of sp³-hybridized carbons (Fsp3) is 0.733. The summed E-state index contributed by atoms with van der Waals surface area (Å²) in [6.45, 7) is 3.96. The lowest BCUT2D eigenvalue weighted by atomic mass is 9.86. The first-order valence-corrected chi connectivity index (χ1v) is 11.2. The second kappa shape index (κ2) is 10.0. The van der Waals surface area contributed by atoms with Crippen LogP contribution in [-0.2, 0) is 10.0 Å². The molecule has 3 rings (SSSR count). The number of nitrogens with two attached hydrogens (primary N) is 1. The first kappa shape index (κ1) is 21.6. The number of nitrogens with zero attached hydrogens (tertiary/aromatic N) is 4. The van der Waals surface area contributed by atoms with Crippen molar-refractivity contribution in [3.8, 4) is 0 Å². The average Bonchev–Trinajstić information content (AvgIpc) is 3.07. The standard InChI is InChI=1S/C15H26N6O2S2.HI/c16-14(17-5-11-25(22,23)19-12-13-2-1-3-13)20-6-8-21(9-7-20)15-18-4-10-24-15;/h4,10,13,19H,1-3,5-9,11-12H2,(H2,16,17);1H. The molecule has 0 bridgehead atoms. The van der Waals surface area contributed by atoms with Crippen LogP contribution in [0.4, 0.5) is 5.13 Å². The zero-order chi connectivity index (χ0) is 17.7. The van der Waals surface area contributed by atoms with Gasteiger partial charge in [-0.1, -0.05) is 6.42 Å². The molecule has 1 aromatic heterocycles. The first-order valence-electron chi connectivity index (χ1n) is 8.70. The summed E-state index contributed by atoms with van der Waals surface area (Å²) in [7, 11) is -3.26. The predicted octanol–water partition coefficient (Wildman–Crippen LogP) is 0.917. The van der Waals surface area contributed by atoms with E-state index in [0.717, 1.165) is 44.2 Å². The third-order valence-electron chi connectivity index (χ3n) is 4.74. The van der Waals surface area contributed by atoms with Crippen LogP contribution in [0.1, 0.15) is 19.3 Å². The molecule has 11 heteroatoms. The number of guanidine groups is 1. The number of hydrogen-bond acceptors (Lipinski definition) is 6. The van der Waals surface area contributed by atoms with Crippen molar-refractivity contribution in [1.29, 1.82) is 0 Å². The molecule has 26 heavy (non-hydrogen) atoms. The molecule has 0 amide bonds. The summed E-state index contributed by atoms with van der Waals surface area (Å²) in [4.78, 5) is 12.8. The Labute approximate surface area is 176 Å². The quantitative estimate of drug-likeness (QED) is 0.319. The number of rotatable bonds is 7. The summed E-state index contributed by atoms with van der Waals surface area (Å²) < 4.78 is 26.6. The number of thiazole rings is 1. The van der Waals surface area contributed by atoms with E-state index in [9.17, 15) is 8.42 Å². The van der Waals surface area contributed by atoms with E-state index in [0.29, 0.717) is 18.4 Å². The van der Waals surface area contributed by atoms with Crippen molar-refractivity contribution >= 4 is 56.4 Å². The Kier molecular flexibility index (Phi) is 8.36. The van der Waals surface area contributed by atoms with Crippen LogP contribution in [0.5, 0.6) is 0 Å². The third-order valence-corrected chi connectivity index (χ3v) is 6.90. The summed E-state index contributed by atoms with van der Waals surface area (Å²) in [5.74, 6) is 0.921. The molecular formula is C15H27IN6O2S2. The van der Waals surface area contributed by atoms with Gasteiger partial charge in [-0.15, -0.1) is 35.3 Å². The molecule has 1 saturated heterocycles. The summed E-state index contributed by atoms with van der Waals surface area (Å²) >= 11 is 1.63. The van der Waals surface area contributed by atoms with E-state index in [-0.39, 0.29) is 36.3 Å². The Morgan fingerprint density at radius 3 is 2.65 bits per heavy atom. The molecule has 1 saturated carbocycles. The minimum Gasteiger partial charge on any atom is -0.370 e.